The molecule has 0 bridgehead atoms. The number of ether oxygens (including phenoxy) is 1. The lowest BCUT2D eigenvalue weighted by Crippen LogP contribution is -2.43. The van der Waals surface area contributed by atoms with Crippen LogP contribution in [0.2, 0.25) is 0 Å². The topological polar surface area (TPSA) is 66.8 Å². The first-order valence-corrected chi connectivity index (χ1v) is 7.95. The molecule has 0 spiro atoms. The highest BCUT2D eigenvalue weighted by Gasteiger charge is 2.29. The van der Waals surface area contributed by atoms with Gasteiger partial charge in [-0.15, -0.1) is 0 Å². The van der Waals surface area contributed by atoms with Gasteiger partial charge in [0.2, 0.25) is 0 Å². The van der Waals surface area contributed by atoms with Gasteiger partial charge in [-0.3, -0.25) is 4.79 Å². The predicted molar refractivity (Wildman–Crippen MR) is 88.0 cm³/mol. The minimum absolute atomic E-state index is 0.0359. The lowest BCUT2D eigenvalue weighted by Gasteiger charge is -2.38. The molecule has 1 N–H and O–H groups in total. The molecule has 1 amide bonds. The summed E-state index contributed by atoms with van der Waals surface area (Å²) >= 11 is 0. The van der Waals surface area contributed by atoms with Gasteiger partial charge in [-0.05, 0) is 55.4 Å². The summed E-state index contributed by atoms with van der Waals surface area (Å²) in [6.45, 7) is 9.22. The number of carbonyl (C=O) groups excluding carboxylic acids is 1. The zero-order valence-corrected chi connectivity index (χ0v) is 14.3. The molecule has 1 saturated heterocycles. The monoisotopic (exact) mass is 319 g/mol. The first kappa shape index (κ1) is 17.3. The van der Waals surface area contributed by atoms with Gasteiger partial charge in [-0.25, -0.2) is 4.79 Å². The summed E-state index contributed by atoms with van der Waals surface area (Å²) in [6, 6.07) is 3.57. The van der Waals surface area contributed by atoms with Crippen LogP contribution >= 0.6 is 0 Å². The number of likely N-dealkylation sites (tertiary alicyclic amines) is 1. The Morgan fingerprint density at radius 2 is 1.87 bits per heavy atom. The summed E-state index contributed by atoms with van der Waals surface area (Å²) in [4.78, 5) is 25.3. The van der Waals surface area contributed by atoms with Crippen molar-refractivity contribution >= 4 is 11.9 Å². The van der Waals surface area contributed by atoms with E-state index in [0.717, 1.165) is 37.1 Å². The molecule has 0 aromatic heterocycles. The third kappa shape index (κ3) is 4.24. The highest BCUT2D eigenvalue weighted by Crippen LogP contribution is 2.30. The van der Waals surface area contributed by atoms with Crippen LogP contribution in [0.3, 0.4) is 0 Å². The Morgan fingerprint density at radius 3 is 2.39 bits per heavy atom. The van der Waals surface area contributed by atoms with E-state index in [1.807, 2.05) is 18.7 Å². The van der Waals surface area contributed by atoms with Crippen molar-refractivity contribution in [1.29, 1.82) is 0 Å². The molecule has 5 nitrogen and oxygen atoms in total. The van der Waals surface area contributed by atoms with Crippen LogP contribution in [0, 0.1) is 19.3 Å². The lowest BCUT2D eigenvalue weighted by atomic mass is 9.84. The van der Waals surface area contributed by atoms with Gasteiger partial charge in [-0.1, -0.05) is 13.8 Å². The number of rotatable bonds is 4. The second-order valence-corrected chi connectivity index (χ2v) is 7.12. The van der Waals surface area contributed by atoms with Gasteiger partial charge in [0.15, 0.2) is 6.61 Å². The van der Waals surface area contributed by atoms with Crippen LogP contribution in [-0.4, -0.2) is 41.6 Å². The number of piperidine rings is 1. The Kier molecular flexibility index (Phi) is 4.97. The maximum atomic E-state index is 12.8. The van der Waals surface area contributed by atoms with E-state index in [1.165, 1.54) is 0 Å². The molecule has 1 aromatic rings. The summed E-state index contributed by atoms with van der Waals surface area (Å²) in [7, 11) is 0. The summed E-state index contributed by atoms with van der Waals surface area (Å²) in [5.74, 6) is -0.434. The molecule has 0 unspecified atom stereocenters. The molecule has 1 aliphatic rings. The summed E-state index contributed by atoms with van der Waals surface area (Å²) in [5.41, 5.74) is 2.36. The smallest absolute Gasteiger partial charge is 0.341 e. The second kappa shape index (κ2) is 6.60. The number of aliphatic carboxylic acids is 1. The standard InChI is InChI=1S/C18H25NO4/c1-12-8-14(9-13(2)16(12)23-10-15(20)21)17(22)19-7-5-6-18(3,4)11-19/h8-9H,5-7,10-11H2,1-4H3,(H,20,21). The van der Waals surface area contributed by atoms with Crippen LogP contribution in [0.1, 0.15) is 48.2 Å². The molecule has 5 heteroatoms. The van der Waals surface area contributed by atoms with E-state index in [1.54, 1.807) is 12.1 Å². The van der Waals surface area contributed by atoms with E-state index in [2.05, 4.69) is 13.8 Å². The molecule has 2 rings (SSSR count). The van der Waals surface area contributed by atoms with E-state index in [9.17, 15) is 9.59 Å². The number of nitrogens with zero attached hydrogens (tertiary/aromatic N) is 1. The molecule has 1 heterocycles. The molecule has 0 radical (unpaired) electrons. The normalized spacial score (nSPS) is 17.0. The van der Waals surface area contributed by atoms with Crippen molar-refractivity contribution in [2.45, 2.75) is 40.5 Å². The number of hydrogen-bond acceptors (Lipinski definition) is 3. The molecule has 0 atom stereocenters. The van der Waals surface area contributed by atoms with Gasteiger partial charge in [0, 0.05) is 18.7 Å². The molecular weight excluding hydrogens is 294 g/mol. The van der Waals surface area contributed by atoms with E-state index in [4.69, 9.17) is 9.84 Å². The average Bonchev–Trinajstić information content (AvgIpc) is 2.44. The van der Waals surface area contributed by atoms with Crippen molar-refractivity contribution in [3.05, 3.63) is 28.8 Å². The Labute approximate surface area is 137 Å². The zero-order chi connectivity index (χ0) is 17.2. The van der Waals surface area contributed by atoms with E-state index < -0.39 is 5.97 Å². The summed E-state index contributed by atoms with van der Waals surface area (Å²) in [6.07, 6.45) is 2.16. The molecule has 23 heavy (non-hydrogen) atoms. The minimum Gasteiger partial charge on any atom is -0.481 e. The second-order valence-electron chi connectivity index (χ2n) is 7.12. The van der Waals surface area contributed by atoms with Crippen molar-refractivity contribution in [2.24, 2.45) is 5.41 Å². The third-order valence-electron chi connectivity index (χ3n) is 4.23. The Morgan fingerprint density at radius 1 is 1.26 bits per heavy atom. The number of carbonyl (C=O) groups is 2. The fourth-order valence-corrected chi connectivity index (χ4v) is 3.21. The fraction of sp³-hybridized carbons (Fsp3) is 0.556. The summed E-state index contributed by atoms with van der Waals surface area (Å²) < 4.78 is 5.32. The highest BCUT2D eigenvalue weighted by molar-refractivity contribution is 5.95. The van der Waals surface area contributed by atoms with Crippen LogP contribution in [0.5, 0.6) is 5.75 Å². The quantitative estimate of drug-likeness (QED) is 0.926. The largest absolute Gasteiger partial charge is 0.481 e. The first-order valence-electron chi connectivity index (χ1n) is 7.95. The van der Waals surface area contributed by atoms with Crippen LogP contribution in [0.15, 0.2) is 12.1 Å². The van der Waals surface area contributed by atoms with Crippen LogP contribution < -0.4 is 4.74 Å². The molecule has 126 valence electrons. The van der Waals surface area contributed by atoms with Gasteiger partial charge in [-0.2, -0.15) is 0 Å². The van der Waals surface area contributed by atoms with E-state index >= 15 is 0 Å². The molecule has 1 aliphatic heterocycles. The first-order chi connectivity index (χ1) is 10.7. The van der Waals surface area contributed by atoms with Crippen molar-refractivity contribution in [1.82, 2.24) is 4.90 Å². The number of amides is 1. The zero-order valence-electron chi connectivity index (χ0n) is 14.3. The fourth-order valence-electron chi connectivity index (χ4n) is 3.21. The van der Waals surface area contributed by atoms with E-state index in [0.29, 0.717) is 11.3 Å². The average molecular weight is 319 g/mol. The number of benzene rings is 1. The maximum absolute atomic E-state index is 12.8. The lowest BCUT2D eigenvalue weighted by molar-refractivity contribution is -0.139. The van der Waals surface area contributed by atoms with Gasteiger partial charge in [0.25, 0.3) is 5.91 Å². The van der Waals surface area contributed by atoms with Gasteiger partial charge in [0.1, 0.15) is 5.75 Å². The predicted octanol–water partition coefficient (Wildman–Crippen LogP) is 3.03. The van der Waals surface area contributed by atoms with Crippen molar-refractivity contribution < 1.29 is 19.4 Å². The van der Waals surface area contributed by atoms with Crippen molar-refractivity contribution in [3.63, 3.8) is 0 Å². The van der Waals surface area contributed by atoms with Crippen LogP contribution in [-0.2, 0) is 4.79 Å². The van der Waals surface area contributed by atoms with Crippen LogP contribution in [0.25, 0.3) is 0 Å². The maximum Gasteiger partial charge on any atom is 0.341 e. The van der Waals surface area contributed by atoms with Gasteiger partial charge in [0.05, 0.1) is 0 Å². The number of carboxylic acids is 1. The Bertz CT molecular complexity index is 598. The summed E-state index contributed by atoms with van der Waals surface area (Å²) in [5, 5.41) is 8.73. The number of hydrogen-bond donors (Lipinski definition) is 1. The van der Waals surface area contributed by atoms with Crippen molar-refractivity contribution in [2.75, 3.05) is 19.7 Å². The molecule has 0 saturated carbocycles. The molecular formula is C18H25NO4. The molecule has 1 fully saturated rings. The third-order valence-corrected chi connectivity index (χ3v) is 4.23. The Balaban J connectivity index is 2.20. The molecule has 0 aliphatic carbocycles. The number of carboxylic acid groups (broad SMARTS) is 1. The van der Waals surface area contributed by atoms with Gasteiger partial charge < -0.3 is 14.7 Å². The number of aryl methyl sites for hydroxylation is 2. The minimum atomic E-state index is -1.01. The van der Waals surface area contributed by atoms with Gasteiger partial charge >= 0.3 is 5.97 Å². The molecule has 1 aromatic carbocycles. The van der Waals surface area contributed by atoms with Crippen LogP contribution in [0.4, 0.5) is 0 Å². The SMILES string of the molecule is Cc1cc(C(=O)N2CCCC(C)(C)C2)cc(C)c1OCC(=O)O. The highest BCUT2D eigenvalue weighted by atomic mass is 16.5. The Hall–Kier alpha value is -2.04. The van der Waals surface area contributed by atoms with E-state index in [-0.39, 0.29) is 17.9 Å². The van der Waals surface area contributed by atoms with Crippen molar-refractivity contribution in [3.8, 4) is 5.75 Å².